The Morgan fingerprint density at radius 3 is 2.69 bits per heavy atom. The number of nitrogens with zero attached hydrogens (tertiary/aromatic N) is 1. The molecule has 0 aliphatic rings. The van der Waals surface area contributed by atoms with Crippen molar-refractivity contribution in [1.29, 1.82) is 0 Å². The van der Waals surface area contributed by atoms with E-state index in [0.29, 0.717) is 13.0 Å². The van der Waals surface area contributed by atoms with Crippen LogP contribution in [0.2, 0.25) is 0 Å². The quantitative estimate of drug-likeness (QED) is 0.921. The molecule has 0 heterocycles. The van der Waals surface area contributed by atoms with Gasteiger partial charge < -0.3 is 10.6 Å². The number of rotatable bonds is 4. The predicted octanol–water partition coefficient (Wildman–Crippen LogP) is 2.14. The molecule has 1 amide bonds. The molecule has 88 valence electrons. The largest absolute Gasteiger partial charge is 0.340 e. The molecule has 0 bridgehead atoms. The molecule has 0 spiro atoms. The van der Waals surface area contributed by atoms with Gasteiger partial charge in [-0.2, -0.15) is 0 Å². The van der Waals surface area contributed by atoms with Crippen molar-refractivity contribution in [3.8, 4) is 0 Å². The summed E-state index contributed by atoms with van der Waals surface area (Å²) in [5.74, 6) is -0.0155. The third kappa shape index (κ3) is 3.32. The van der Waals surface area contributed by atoms with E-state index in [1.807, 2.05) is 31.2 Å². The maximum atomic E-state index is 11.8. The van der Waals surface area contributed by atoms with Gasteiger partial charge in [0.1, 0.15) is 0 Å². The number of likely N-dealkylation sites (N-methyl/N-ethyl adjacent to an activating group) is 1. The van der Waals surface area contributed by atoms with Crippen molar-refractivity contribution in [3.05, 3.63) is 34.3 Å². The van der Waals surface area contributed by atoms with Crippen molar-refractivity contribution in [3.63, 3.8) is 0 Å². The Labute approximate surface area is 105 Å². The van der Waals surface area contributed by atoms with E-state index in [2.05, 4.69) is 15.9 Å². The van der Waals surface area contributed by atoms with Gasteiger partial charge in [-0.25, -0.2) is 0 Å². The molecule has 1 unspecified atom stereocenters. The Morgan fingerprint density at radius 2 is 2.12 bits per heavy atom. The van der Waals surface area contributed by atoms with E-state index < -0.39 is 6.04 Å². The molecule has 0 saturated carbocycles. The van der Waals surface area contributed by atoms with Crippen LogP contribution in [0.15, 0.2) is 28.7 Å². The van der Waals surface area contributed by atoms with Crippen molar-refractivity contribution < 1.29 is 4.79 Å². The van der Waals surface area contributed by atoms with Gasteiger partial charge in [0.15, 0.2) is 0 Å². The monoisotopic (exact) mass is 284 g/mol. The van der Waals surface area contributed by atoms with Gasteiger partial charge in [0, 0.05) is 18.1 Å². The third-order valence-electron chi connectivity index (χ3n) is 2.50. The molecule has 0 aliphatic carbocycles. The van der Waals surface area contributed by atoms with E-state index in [-0.39, 0.29) is 5.91 Å². The minimum absolute atomic E-state index is 0.0155. The van der Waals surface area contributed by atoms with Crippen LogP contribution in [0.1, 0.15) is 18.9 Å². The Bertz CT molecular complexity index is 368. The number of nitrogens with two attached hydrogens (primary N) is 1. The Balaban J connectivity index is 2.68. The van der Waals surface area contributed by atoms with Gasteiger partial charge >= 0.3 is 0 Å². The maximum absolute atomic E-state index is 11.8. The summed E-state index contributed by atoms with van der Waals surface area (Å²) in [6.45, 7) is 2.49. The van der Waals surface area contributed by atoms with Gasteiger partial charge in [0.2, 0.25) is 5.91 Å². The minimum atomic E-state index is -0.396. The summed E-state index contributed by atoms with van der Waals surface area (Å²) in [6, 6.07) is 7.47. The van der Waals surface area contributed by atoms with Crippen LogP contribution in [0.4, 0.5) is 0 Å². The molecule has 1 rings (SSSR count). The van der Waals surface area contributed by atoms with Gasteiger partial charge in [-0.3, -0.25) is 4.79 Å². The second-order valence-corrected chi connectivity index (χ2v) is 4.65. The van der Waals surface area contributed by atoms with E-state index in [4.69, 9.17) is 5.73 Å². The second kappa shape index (κ2) is 6.01. The molecular weight excluding hydrogens is 268 g/mol. The van der Waals surface area contributed by atoms with Gasteiger partial charge in [-0.05, 0) is 18.1 Å². The first-order valence-corrected chi connectivity index (χ1v) is 6.09. The average Bonchev–Trinajstić information content (AvgIpc) is 2.30. The molecular formula is C12H17BrN2O. The van der Waals surface area contributed by atoms with Gasteiger partial charge in [0.25, 0.3) is 0 Å². The fraction of sp³-hybridized carbons (Fsp3) is 0.417. The molecule has 1 aromatic carbocycles. The molecule has 3 nitrogen and oxygen atoms in total. The van der Waals surface area contributed by atoms with Crippen LogP contribution in [0.25, 0.3) is 0 Å². The van der Waals surface area contributed by atoms with Crippen molar-refractivity contribution in [2.24, 2.45) is 5.73 Å². The van der Waals surface area contributed by atoms with Crippen LogP contribution in [-0.2, 0) is 11.3 Å². The summed E-state index contributed by atoms with van der Waals surface area (Å²) < 4.78 is 1.01. The predicted molar refractivity (Wildman–Crippen MR) is 68.9 cm³/mol. The zero-order valence-corrected chi connectivity index (χ0v) is 11.2. The van der Waals surface area contributed by atoms with Crippen LogP contribution in [-0.4, -0.2) is 23.9 Å². The van der Waals surface area contributed by atoms with E-state index in [1.165, 1.54) is 0 Å². The van der Waals surface area contributed by atoms with Crippen LogP contribution in [0.5, 0.6) is 0 Å². The Morgan fingerprint density at radius 1 is 1.50 bits per heavy atom. The highest BCUT2D eigenvalue weighted by Crippen LogP contribution is 2.17. The first-order valence-electron chi connectivity index (χ1n) is 5.30. The lowest BCUT2D eigenvalue weighted by molar-refractivity contribution is -0.131. The summed E-state index contributed by atoms with van der Waals surface area (Å²) in [5, 5.41) is 0. The first-order chi connectivity index (χ1) is 7.56. The standard InChI is InChI=1S/C12H17BrN2O/c1-3-11(14)12(16)15(2)8-9-6-4-5-7-10(9)13/h4-7,11H,3,8,14H2,1-2H3. The molecule has 4 heteroatoms. The van der Waals surface area contributed by atoms with Crippen LogP contribution in [0, 0.1) is 0 Å². The Hall–Kier alpha value is -0.870. The topological polar surface area (TPSA) is 46.3 Å². The SMILES string of the molecule is CCC(N)C(=O)N(C)Cc1ccccc1Br. The molecule has 0 fully saturated rings. The fourth-order valence-electron chi connectivity index (χ4n) is 1.42. The molecule has 1 aromatic rings. The average molecular weight is 285 g/mol. The lowest BCUT2D eigenvalue weighted by Gasteiger charge is -2.21. The van der Waals surface area contributed by atoms with Crippen LogP contribution in [0.3, 0.4) is 0 Å². The minimum Gasteiger partial charge on any atom is -0.340 e. The van der Waals surface area contributed by atoms with Gasteiger partial charge in [-0.1, -0.05) is 41.1 Å². The van der Waals surface area contributed by atoms with Crippen LogP contribution >= 0.6 is 15.9 Å². The number of hydrogen-bond acceptors (Lipinski definition) is 2. The highest BCUT2D eigenvalue weighted by atomic mass is 79.9. The summed E-state index contributed by atoms with van der Waals surface area (Å²) >= 11 is 3.46. The third-order valence-corrected chi connectivity index (χ3v) is 3.27. The number of amides is 1. The van der Waals surface area contributed by atoms with Gasteiger partial charge in [0.05, 0.1) is 6.04 Å². The molecule has 0 radical (unpaired) electrons. The lowest BCUT2D eigenvalue weighted by Crippen LogP contribution is -2.40. The molecule has 0 aromatic heterocycles. The van der Waals surface area contributed by atoms with Crippen molar-refractivity contribution in [1.82, 2.24) is 4.90 Å². The number of halogens is 1. The van der Waals surface area contributed by atoms with Gasteiger partial charge in [-0.15, -0.1) is 0 Å². The van der Waals surface area contributed by atoms with E-state index >= 15 is 0 Å². The maximum Gasteiger partial charge on any atom is 0.239 e. The highest BCUT2D eigenvalue weighted by molar-refractivity contribution is 9.10. The second-order valence-electron chi connectivity index (χ2n) is 3.80. The zero-order valence-electron chi connectivity index (χ0n) is 9.61. The fourth-order valence-corrected chi connectivity index (χ4v) is 1.83. The van der Waals surface area contributed by atoms with E-state index in [1.54, 1.807) is 11.9 Å². The van der Waals surface area contributed by atoms with E-state index in [9.17, 15) is 4.79 Å². The number of benzene rings is 1. The molecule has 0 aliphatic heterocycles. The number of hydrogen-bond donors (Lipinski definition) is 1. The number of carbonyl (C=O) groups is 1. The summed E-state index contributed by atoms with van der Waals surface area (Å²) in [6.07, 6.45) is 0.666. The van der Waals surface area contributed by atoms with Crippen LogP contribution < -0.4 is 5.73 Å². The Kier molecular flexibility index (Phi) is 4.96. The molecule has 0 saturated heterocycles. The normalized spacial score (nSPS) is 12.2. The smallest absolute Gasteiger partial charge is 0.239 e. The number of carbonyl (C=O) groups excluding carboxylic acids is 1. The summed E-state index contributed by atoms with van der Waals surface area (Å²) in [4.78, 5) is 13.4. The molecule has 16 heavy (non-hydrogen) atoms. The summed E-state index contributed by atoms with van der Waals surface area (Å²) in [5.41, 5.74) is 6.79. The van der Waals surface area contributed by atoms with Crippen molar-refractivity contribution >= 4 is 21.8 Å². The van der Waals surface area contributed by atoms with Crippen molar-refractivity contribution in [2.45, 2.75) is 25.9 Å². The molecule has 2 N–H and O–H groups in total. The molecule has 1 atom stereocenters. The van der Waals surface area contributed by atoms with Crippen molar-refractivity contribution in [2.75, 3.05) is 7.05 Å². The van der Waals surface area contributed by atoms with E-state index in [0.717, 1.165) is 10.0 Å². The lowest BCUT2D eigenvalue weighted by atomic mass is 10.2. The summed E-state index contributed by atoms with van der Waals surface area (Å²) in [7, 11) is 1.78. The zero-order chi connectivity index (χ0) is 12.1. The highest BCUT2D eigenvalue weighted by Gasteiger charge is 2.16. The first kappa shape index (κ1) is 13.2.